The molecule has 1 aliphatic rings. The third kappa shape index (κ3) is 5.86. The van der Waals surface area contributed by atoms with E-state index in [0.29, 0.717) is 18.7 Å². The van der Waals surface area contributed by atoms with Crippen molar-refractivity contribution in [1.82, 2.24) is 19.1 Å². The maximum absolute atomic E-state index is 14.4. The summed E-state index contributed by atoms with van der Waals surface area (Å²) in [4.78, 5) is 22.9. The van der Waals surface area contributed by atoms with Gasteiger partial charge in [0.1, 0.15) is 5.82 Å². The predicted molar refractivity (Wildman–Crippen MR) is 147 cm³/mol. The lowest BCUT2D eigenvalue weighted by atomic mass is 10.0. The fourth-order valence-electron chi connectivity index (χ4n) is 5.25. The number of halogens is 6. The molecule has 1 aliphatic heterocycles. The number of benzene rings is 1. The molecule has 1 aromatic carbocycles. The molecule has 13 heteroatoms. The molecule has 4 aromatic rings. The van der Waals surface area contributed by atoms with E-state index in [9.17, 15) is 31.1 Å². The van der Waals surface area contributed by atoms with Crippen LogP contribution in [0.3, 0.4) is 0 Å². The molecule has 5 rings (SSSR count). The Labute approximate surface area is 237 Å². The molecule has 0 spiro atoms. The first kappa shape index (κ1) is 29.2. The Balaban J connectivity index is 1.60. The van der Waals surface area contributed by atoms with Gasteiger partial charge in [0, 0.05) is 50.0 Å². The van der Waals surface area contributed by atoms with Crippen LogP contribution in [0.4, 0.5) is 37.8 Å². The number of aromatic nitrogens is 4. The highest BCUT2D eigenvalue weighted by Gasteiger charge is 2.36. The van der Waals surface area contributed by atoms with Crippen molar-refractivity contribution in [3.05, 3.63) is 76.6 Å². The summed E-state index contributed by atoms with van der Waals surface area (Å²) in [6.07, 6.45) is -0.926. The second-order valence-electron chi connectivity index (χ2n) is 10.3. The number of nitrogen functional groups attached to an aromatic ring is 1. The minimum atomic E-state index is -4.72. The van der Waals surface area contributed by atoms with Gasteiger partial charge in [0.15, 0.2) is 0 Å². The van der Waals surface area contributed by atoms with E-state index in [1.165, 1.54) is 54.5 Å². The Hall–Kier alpha value is -4.29. The second-order valence-corrected chi connectivity index (χ2v) is 10.3. The van der Waals surface area contributed by atoms with Gasteiger partial charge in [-0.1, -0.05) is 19.3 Å². The highest BCUT2D eigenvalue weighted by atomic mass is 19.4. The molecule has 0 amide bonds. The standard InChI is InChI=1S/C29H28F6N6O/c1-39-17-25(23-14-18(9-10-37-23)19-13-22(29(33,34)35)26(36)38-16-19)41(27(39)42)20-7-8-24(21(15-20)28(30,31)32)40-11-5-3-2-4-6-12-40/h7-10,13-17H,2-6,11-12H2,1H3,(H2,36,38). The van der Waals surface area contributed by atoms with Gasteiger partial charge in [-0.05, 0) is 54.8 Å². The zero-order valence-corrected chi connectivity index (χ0v) is 22.6. The number of pyridine rings is 2. The van der Waals surface area contributed by atoms with Crippen LogP contribution in [0, 0.1) is 0 Å². The van der Waals surface area contributed by atoms with Crippen LogP contribution < -0.4 is 16.3 Å². The monoisotopic (exact) mass is 590 g/mol. The summed E-state index contributed by atoms with van der Waals surface area (Å²) >= 11 is 0. The largest absolute Gasteiger partial charge is 0.419 e. The van der Waals surface area contributed by atoms with Gasteiger partial charge in [0.25, 0.3) is 0 Å². The zero-order valence-electron chi connectivity index (χ0n) is 22.6. The van der Waals surface area contributed by atoms with Gasteiger partial charge in [-0.3, -0.25) is 9.55 Å². The number of aryl methyl sites for hydroxylation is 1. The minimum Gasteiger partial charge on any atom is -0.383 e. The molecule has 3 aromatic heterocycles. The van der Waals surface area contributed by atoms with Gasteiger partial charge in [0.2, 0.25) is 0 Å². The fraction of sp³-hybridized carbons (Fsp3) is 0.345. The molecule has 0 atom stereocenters. The average Bonchev–Trinajstić information content (AvgIpc) is 3.21. The number of hydrogen-bond acceptors (Lipinski definition) is 5. The SMILES string of the molecule is Cn1cc(-c2cc(-c3cnc(N)c(C(F)(F)F)c3)ccn2)n(-c2ccc(N3CCCCCCC3)c(C(F)(F)F)c2)c1=O. The first-order valence-corrected chi connectivity index (χ1v) is 13.4. The maximum atomic E-state index is 14.4. The number of alkyl halides is 6. The fourth-order valence-corrected chi connectivity index (χ4v) is 5.25. The molecule has 1 saturated heterocycles. The Morgan fingerprint density at radius 1 is 0.810 bits per heavy atom. The Bertz CT molecular complexity index is 1650. The van der Waals surface area contributed by atoms with Crippen LogP contribution in [0.25, 0.3) is 28.2 Å². The molecule has 0 saturated carbocycles. The summed E-state index contributed by atoms with van der Waals surface area (Å²) in [6, 6.07) is 7.59. The maximum Gasteiger partial charge on any atom is 0.419 e. The normalized spacial score (nSPS) is 15.0. The van der Waals surface area contributed by atoms with E-state index in [0.717, 1.165) is 48.8 Å². The lowest BCUT2D eigenvalue weighted by Gasteiger charge is -2.29. The van der Waals surface area contributed by atoms with Gasteiger partial charge in [-0.15, -0.1) is 0 Å². The van der Waals surface area contributed by atoms with E-state index in [2.05, 4.69) is 9.97 Å². The lowest BCUT2D eigenvalue weighted by molar-refractivity contribution is -0.137. The third-order valence-corrected chi connectivity index (χ3v) is 7.37. The number of anilines is 2. The van der Waals surface area contributed by atoms with Gasteiger partial charge < -0.3 is 15.2 Å². The smallest absolute Gasteiger partial charge is 0.383 e. The summed E-state index contributed by atoms with van der Waals surface area (Å²) in [6.45, 7) is 1.01. The van der Waals surface area contributed by atoms with Crippen molar-refractivity contribution in [1.29, 1.82) is 0 Å². The number of hydrogen-bond donors (Lipinski definition) is 1. The molecule has 1 fully saturated rings. The van der Waals surface area contributed by atoms with Crippen LogP contribution in [0.5, 0.6) is 0 Å². The van der Waals surface area contributed by atoms with Crippen LogP contribution in [-0.2, 0) is 19.4 Å². The van der Waals surface area contributed by atoms with E-state index >= 15 is 0 Å². The van der Waals surface area contributed by atoms with Crippen LogP contribution in [0.1, 0.15) is 43.2 Å². The summed E-state index contributed by atoms with van der Waals surface area (Å²) in [5, 5.41) is 0. The van der Waals surface area contributed by atoms with Gasteiger partial charge in [-0.25, -0.2) is 9.78 Å². The van der Waals surface area contributed by atoms with E-state index < -0.39 is 35.0 Å². The summed E-state index contributed by atoms with van der Waals surface area (Å²) < 4.78 is 85.7. The first-order valence-electron chi connectivity index (χ1n) is 13.4. The predicted octanol–water partition coefficient (Wildman–Crippen LogP) is 6.69. The Morgan fingerprint density at radius 3 is 2.14 bits per heavy atom. The lowest BCUT2D eigenvalue weighted by Crippen LogP contribution is -2.29. The molecular weight excluding hydrogens is 562 g/mol. The zero-order chi connectivity index (χ0) is 30.2. The van der Waals surface area contributed by atoms with Crippen molar-refractivity contribution < 1.29 is 26.3 Å². The van der Waals surface area contributed by atoms with Crippen LogP contribution in [0.15, 0.2) is 59.8 Å². The number of nitrogens with zero attached hydrogens (tertiary/aromatic N) is 5. The summed E-state index contributed by atoms with van der Waals surface area (Å²) in [5.41, 5.74) is 3.63. The van der Waals surface area contributed by atoms with Gasteiger partial charge in [0.05, 0.1) is 28.2 Å². The van der Waals surface area contributed by atoms with Gasteiger partial charge >= 0.3 is 18.0 Å². The summed E-state index contributed by atoms with van der Waals surface area (Å²) in [7, 11) is 1.45. The molecule has 0 unspecified atom stereocenters. The van der Waals surface area contributed by atoms with Crippen molar-refractivity contribution >= 4 is 11.5 Å². The third-order valence-electron chi connectivity index (χ3n) is 7.37. The summed E-state index contributed by atoms with van der Waals surface area (Å²) in [5.74, 6) is -0.669. The van der Waals surface area contributed by atoms with Crippen molar-refractivity contribution in [2.75, 3.05) is 23.7 Å². The van der Waals surface area contributed by atoms with Crippen LogP contribution >= 0.6 is 0 Å². The van der Waals surface area contributed by atoms with E-state index in [1.807, 2.05) is 0 Å². The molecule has 0 bridgehead atoms. The van der Waals surface area contributed by atoms with Crippen LogP contribution in [-0.4, -0.2) is 32.2 Å². The number of rotatable bonds is 4. The molecule has 0 aliphatic carbocycles. The van der Waals surface area contributed by atoms with Crippen LogP contribution in [0.2, 0.25) is 0 Å². The Kier molecular flexibility index (Phi) is 7.78. The first-order chi connectivity index (χ1) is 19.8. The molecule has 222 valence electrons. The van der Waals surface area contributed by atoms with Gasteiger partial charge in [-0.2, -0.15) is 26.3 Å². The van der Waals surface area contributed by atoms with Crippen molar-refractivity contribution in [2.24, 2.45) is 7.05 Å². The van der Waals surface area contributed by atoms with Crippen molar-refractivity contribution in [3.8, 4) is 28.2 Å². The highest BCUT2D eigenvalue weighted by molar-refractivity contribution is 5.71. The Morgan fingerprint density at radius 2 is 1.48 bits per heavy atom. The quantitative estimate of drug-likeness (QED) is 0.268. The highest BCUT2D eigenvalue weighted by Crippen LogP contribution is 2.39. The molecule has 4 heterocycles. The van der Waals surface area contributed by atoms with Crippen molar-refractivity contribution in [3.63, 3.8) is 0 Å². The molecule has 7 nitrogen and oxygen atoms in total. The molecule has 2 N–H and O–H groups in total. The van der Waals surface area contributed by atoms with Crippen molar-refractivity contribution in [2.45, 2.75) is 44.5 Å². The van der Waals surface area contributed by atoms with E-state index in [4.69, 9.17) is 5.73 Å². The van der Waals surface area contributed by atoms with E-state index in [-0.39, 0.29) is 28.3 Å². The molecule has 42 heavy (non-hydrogen) atoms. The van der Waals surface area contributed by atoms with E-state index in [1.54, 1.807) is 4.90 Å². The number of imidazole rings is 1. The minimum absolute atomic E-state index is 0.0144. The average molecular weight is 591 g/mol. The number of nitrogens with two attached hydrogens (primary N) is 1. The second kappa shape index (κ2) is 11.2. The topological polar surface area (TPSA) is 82.0 Å². The molecular formula is C29H28F6N6O. The molecule has 0 radical (unpaired) electrons.